The lowest BCUT2D eigenvalue weighted by molar-refractivity contribution is 0.0900. The van der Waals surface area contributed by atoms with Crippen LogP contribution in [0, 0.1) is 0 Å². The van der Waals surface area contributed by atoms with Crippen molar-refractivity contribution in [2.45, 2.75) is 52.6 Å². The van der Waals surface area contributed by atoms with Crippen LogP contribution in [0.15, 0.2) is 12.3 Å². The van der Waals surface area contributed by atoms with Crippen LogP contribution in [-0.4, -0.2) is 16.0 Å². The topological polar surface area (TPSA) is 60.1 Å². The molecular weight excluding hydrogens is 214 g/mol. The molecule has 0 saturated carbocycles. The Labute approximate surface area is 103 Å². The molecule has 0 aliphatic heterocycles. The summed E-state index contributed by atoms with van der Waals surface area (Å²) in [6.07, 6.45) is 2.69. The fourth-order valence-corrected chi connectivity index (χ4v) is 1.57. The molecule has 0 fully saturated rings. The summed E-state index contributed by atoms with van der Waals surface area (Å²) >= 11 is 0. The second-order valence-corrected chi connectivity index (χ2v) is 5.35. The van der Waals surface area contributed by atoms with E-state index in [1.54, 1.807) is 12.3 Å². The van der Waals surface area contributed by atoms with Crippen LogP contribution in [0.2, 0.25) is 0 Å². The molecule has 0 bridgehead atoms. The minimum atomic E-state index is -0.197. The number of amides is 1. The molecule has 1 rings (SSSR count). The number of nitrogens with two attached hydrogens (primary N) is 1. The van der Waals surface area contributed by atoms with Gasteiger partial charge in [-0.3, -0.25) is 4.79 Å². The van der Waals surface area contributed by atoms with Gasteiger partial charge in [-0.1, -0.05) is 6.92 Å². The van der Waals surface area contributed by atoms with Gasteiger partial charge in [0.2, 0.25) is 0 Å². The molecule has 1 aromatic heterocycles. The Hall–Kier alpha value is -1.45. The van der Waals surface area contributed by atoms with E-state index in [2.05, 4.69) is 12.2 Å². The Kier molecular flexibility index (Phi) is 3.86. The van der Waals surface area contributed by atoms with Crippen LogP contribution < -0.4 is 11.1 Å². The molecule has 0 radical (unpaired) electrons. The molecule has 0 aliphatic carbocycles. The molecule has 0 aromatic carbocycles. The summed E-state index contributed by atoms with van der Waals surface area (Å²) in [5.41, 5.74) is 6.80. The van der Waals surface area contributed by atoms with Gasteiger partial charge in [0.1, 0.15) is 5.69 Å². The Balaban J connectivity index is 2.96. The summed E-state index contributed by atoms with van der Waals surface area (Å²) in [6.45, 7) is 10.1. The molecule has 96 valence electrons. The van der Waals surface area contributed by atoms with Crippen LogP contribution in [0.3, 0.4) is 0 Å². The number of nitrogen functional groups attached to an aromatic ring is 1. The first-order valence-corrected chi connectivity index (χ1v) is 6.06. The van der Waals surface area contributed by atoms with Crippen LogP contribution >= 0.6 is 0 Å². The van der Waals surface area contributed by atoms with Crippen LogP contribution in [-0.2, 0) is 0 Å². The molecule has 17 heavy (non-hydrogen) atoms. The molecule has 4 heteroatoms. The van der Waals surface area contributed by atoms with Crippen molar-refractivity contribution in [2.75, 3.05) is 5.73 Å². The number of hydrogen-bond donors (Lipinski definition) is 2. The fourth-order valence-electron chi connectivity index (χ4n) is 1.57. The summed E-state index contributed by atoms with van der Waals surface area (Å²) in [5, 5.41) is 3.02. The van der Waals surface area contributed by atoms with Crippen molar-refractivity contribution in [3.8, 4) is 0 Å². The summed E-state index contributed by atoms with van der Waals surface area (Å²) in [6, 6.07) is 1.94. The predicted octanol–water partition coefficient (Wildman–Crippen LogP) is 2.57. The monoisotopic (exact) mass is 237 g/mol. The van der Waals surface area contributed by atoms with Gasteiger partial charge in [-0.2, -0.15) is 0 Å². The fraction of sp³-hybridized carbons (Fsp3) is 0.615. The Bertz CT molecular complexity index is 405. The second kappa shape index (κ2) is 4.82. The van der Waals surface area contributed by atoms with Crippen LogP contribution in [0.5, 0.6) is 0 Å². The summed E-state index contributed by atoms with van der Waals surface area (Å²) in [4.78, 5) is 12.2. The van der Waals surface area contributed by atoms with Crippen LogP contribution in [0.1, 0.15) is 57.6 Å². The van der Waals surface area contributed by atoms with Crippen molar-refractivity contribution in [1.82, 2.24) is 9.88 Å². The highest BCUT2D eigenvalue weighted by atomic mass is 16.2. The average molecular weight is 237 g/mol. The first-order chi connectivity index (χ1) is 7.76. The van der Waals surface area contributed by atoms with Gasteiger partial charge in [-0.15, -0.1) is 0 Å². The highest BCUT2D eigenvalue weighted by Gasteiger charge is 2.21. The zero-order valence-electron chi connectivity index (χ0n) is 11.4. The number of anilines is 1. The molecule has 0 spiro atoms. The van der Waals surface area contributed by atoms with Gasteiger partial charge in [0.25, 0.3) is 5.91 Å². The van der Waals surface area contributed by atoms with E-state index in [0.29, 0.717) is 11.4 Å². The second-order valence-electron chi connectivity index (χ2n) is 5.35. The summed E-state index contributed by atoms with van der Waals surface area (Å²) < 4.78 is 1.90. The molecule has 4 nitrogen and oxygen atoms in total. The number of hydrogen-bond acceptors (Lipinski definition) is 2. The smallest absolute Gasteiger partial charge is 0.268 e. The average Bonchev–Trinajstić information content (AvgIpc) is 2.60. The van der Waals surface area contributed by atoms with E-state index < -0.39 is 0 Å². The van der Waals surface area contributed by atoms with E-state index in [-0.39, 0.29) is 17.5 Å². The predicted molar refractivity (Wildman–Crippen MR) is 71.1 cm³/mol. The number of carbonyl (C=O) groups excluding carboxylic acids is 1. The van der Waals surface area contributed by atoms with Crippen LogP contribution in [0.25, 0.3) is 0 Å². The quantitative estimate of drug-likeness (QED) is 0.845. The third-order valence-corrected chi connectivity index (χ3v) is 2.99. The van der Waals surface area contributed by atoms with E-state index in [4.69, 9.17) is 5.73 Å². The molecular formula is C13H23N3O. The SMILES string of the molecule is CCC(C)(C)NC(=O)c1cc(N)cn1C(C)C. The highest BCUT2D eigenvalue weighted by molar-refractivity contribution is 5.94. The Morgan fingerprint density at radius 2 is 2.12 bits per heavy atom. The van der Waals surface area contributed by atoms with Gasteiger partial charge in [-0.05, 0) is 40.2 Å². The third-order valence-electron chi connectivity index (χ3n) is 2.99. The van der Waals surface area contributed by atoms with Gasteiger partial charge in [0.05, 0.1) is 5.69 Å². The van der Waals surface area contributed by atoms with Crippen molar-refractivity contribution >= 4 is 11.6 Å². The normalized spacial score (nSPS) is 11.9. The zero-order chi connectivity index (χ0) is 13.2. The Morgan fingerprint density at radius 3 is 2.59 bits per heavy atom. The van der Waals surface area contributed by atoms with Gasteiger partial charge in [-0.25, -0.2) is 0 Å². The maximum Gasteiger partial charge on any atom is 0.268 e. The third kappa shape index (κ3) is 3.25. The molecule has 0 atom stereocenters. The lowest BCUT2D eigenvalue weighted by atomic mass is 10.0. The Morgan fingerprint density at radius 1 is 1.53 bits per heavy atom. The first-order valence-electron chi connectivity index (χ1n) is 6.06. The van der Waals surface area contributed by atoms with E-state index in [1.807, 2.05) is 32.3 Å². The van der Waals surface area contributed by atoms with Gasteiger partial charge >= 0.3 is 0 Å². The van der Waals surface area contributed by atoms with Crippen LogP contribution in [0.4, 0.5) is 5.69 Å². The molecule has 0 aliphatic rings. The van der Waals surface area contributed by atoms with Gasteiger partial charge in [0.15, 0.2) is 0 Å². The maximum absolute atomic E-state index is 12.2. The minimum Gasteiger partial charge on any atom is -0.397 e. The standard InChI is InChI=1S/C13H23N3O/c1-6-13(4,5)15-12(17)11-7-10(14)8-16(11)9(2)3/h7-9H,6,14H2,1-5H3,(H,15,17). The van der Waals surface area contributed by atoms with Crippen molar-refractivity contribution in [1.29, 1.82) is 0 Å². The van der Waals surface area contributed by atoms with Crippen molar-refractivity contribution in [3.63, 3.8) is 0 Å². The van der Waals surface area contributed by atoms with Crippen molar-refractivity contribution in [3.05, 3.63) is 18.0 Å². The van der Waals surface area contributed by atoms with Gasteiger partial charge < -0.3 is 15.6 Å². The molecule has 3 N–H and O–H groups in total. The number of nitrogens with zero attached hydrogens (tertiary/aromatic N) is 1. The lowest BCUT2D eigenvalue weighted by Gasteiger charge is -2.25. The number of carbonyl (C=O) groups is 1. The number of aromatic nitrogens is 1. The van der Waals surface area contributed by atoms with E-state index in [0.717, 1.165) is 6.42 Å². The molecule has 1 aromatic rings. The van der Waals surface area contributed by atoms with Crippen molar-refractivity contribution < 1.29 is 4.79 Å². The summed E-state index contributed by atoms with van der Waals surface area (Å²) in [7, 11) is 0. The van der Waals surface area contributed by atoms with E-state index >= 15 is 0 Å². The highest BCUT2D eigenvalue weighted by Crippen LogP contribution is 2.17. The van der Waals surface area contributed by atoms with E-state index in [9.17, 15) is 4.79 Å². The first kappa shape index (κ1) is 13.6. The lowest BCUT2D eigenvalue weighted by Crippen LogP contribution is -2.43. The van der Waals surface area contributed by atoms with Gasteiger partial charge in [0, 0.05) is 17.8 Å². The maximum atomic E-state index is 12.2. The number of nitrogens with one attached hydrogen (secondary N) is 1. The number of rotatable bonds is 4. The van der Waals surface area contributed by atoms with Crippen molar-refractivity contribution in [2.24, 2.45) is 0 Å². The molecule has 1 heterocycles. The summed E-state index contributed by atoms with van der Waals surface area (Å²) in [5.74, 6) is -0.0674. The largest absolute Gasteiger partial charge is 0.397 e. The molecule has 0 saturated heterocycles. The zero-order valence-corrected chi connectivity index (χ0v) is 11.4. The van der Waals surface area contributed by atoms with E-state index in [1.165, 1.54) is 0 Å². The molecule has 0 unspecified atom stereocenters. The minimum absolute atomic E-state index is 0.0674. The molecule has 1 amide bonds.